The molecule has 2 atom stereocenters. The Morgan fingerprint density at radius 3 is 2.57 bits per heavy atom. The summed E-state index contributed by atoms with van der Waals surface area (Å²) in [6.07, 6.45) is 0.712. The van der Waals surface area contributed by atoms with Crippen molar-refractivity contribution in [2.45, 2.75) is 25.4 Å². The highest BCUT2D eigenvalue weighted by Gasteiger charge is 2.28. The van der Waals surface area contributed by atoms with Gasteiger partial charge < -0.3 is 5.32 Å². The molecule has 1 saturated heterocycles. The van der Waals surface area contributed by atoms with Gasteiger partial charge in [-0.2, -0.15) is 0 Å². The van der Waals surface area contributed by atoms with E-state index in [1.807, 2.05) is 18.2 Å². The molecule has 1 N–H and O–H groups in total. The van der Waals surface area contributed by atoms with Crippen molar-refractivity contribution in [3.63, 3.8) is 0 Å². The zero-order valence-corrected chi connectivity index (χ0v) is 13.2. The molecule has 1 fully saturated rings. The summed E-state index contributed by atoms with van der Waals surface area (Å²) in [5.41, 5.74) is 2.24. The van der Waals surface area contributed by atoms with Crippen LogP contribution in [-0.2, 0) is 11.2 Å². The van der Waals surface area contributed by atoms with Crippen molar-refractivity contribution < 1.29 is 9.18 Å². The molecule has 1 heterocycles. The van der Waals surface area contributed by atoms with Crippen molar-refractivity contribution >= 4 is 5.91 Å². The van der Waals surface area contributed by atoms with Crippen LogP contribution in [0.15, 0.2) is 54.6 Å². The smallest absolute Gasteiger partial charge is 0.234 e. The van der Waals surface area contributed by atoms with Gasteiger partial charge in [-0.3, -0.25) is 9.69 Å². The minimum absolute atomic E-state index is 0.0474. The standard InChI is InChI=1S/C19H21FN2O/c1-14(16-5-3-2-4-6-16)22-12-18(21-19(23)13-22)11-15-7-9-17(20)10-8-15/h2-10,14,18H,11-13H2,1H3,(H,21,23). The molecule has 0 saturated carbocycles. The van der Waals surface area contributed by atoms with Gasteiger partial charge in [0.25, 0.3) is 0 Å². The van der Waals surface area contributed by atoms with Crippen molar-refractivity contribution in [2.75, 3.05) is 13.1 Å². The number of amides is 1. The Bertz CT molecular complexity index is 657. The molecule has 1 aliphatic heterocycles. The first-order valence-electron chi connectivity index (χ1n) is 7.94. The Labute approximate surface area is 136 Å². The zero-order chi connectivity index (χ0) is 16.2. The molecular formula is C19H21FN2O. The Hall–Kier alpha value is -2.20. The van der Waals surface area contributed by atoms with Crippen LogP contribution in [0.25, 0.3) is 0 Å². The van der Waals surface area contributed by atoms with Crippen molar-refractivity contribution in [1.82, 2.24) is 10.2 Å². The molecule has 0 spiro atoms. The average Bonchev–Trinajstić information content (AvgIpc) is 2.56. The van der Waals surface area contributed by atoms with E-state index in [9.17, 15) is 9.18 Å². The molecule has 3 rings (SSSR count). The predicted molar refractivity (Wildman–Crippen MR) is 88.5 cm³/mol. The molecule has 23 heavy (non-hydrogen) atoms. The van der Waals surface area contributed by atoms with Gasteiger partial charge in [0.1, 0.15) is 5.82 Å². The number of benzene rings is 2. The van der Waals surface area contributed by atoms with Gasteiger partial charge in [-0.25, -0.2) is 4.39 Å². The third-order valence-electron chi connectivity index (χ3n) is 4.39. The molecule has 2 aromatic carbocycles. The number of nitrogens with one attached hydrogen (secondary N) is 1. The molecule has 120 valence electrons. The lowest BCUT2D eigenvalue weighted by atomic mass is 10.0. The second-order valence-corrected chi connectivity index (χ2v) is 6.11. The van der Waals surface area contributed by atoms with E-state index < -0.39 is 0 Å². The zero-order valence-electron chi connectivity index (χ0n) is 13.2. The van der Waals surface area contributed by atoms with E-state index >= 15 is 0 Å². The summed E-state index contributed by atoms with van der Waals surface area (Å²) in [5, 5.41) is 3.04. The van der Waals surface area contributed by atoms with Crippen LogP contribution in [0.1, 0.15) is 24.1 Å². The lowest BCUT2D eigenvalue weighted by Gasteiger charge is -2.37. The number of rotatable bonds is 4. The SMILES string of the molecule is CC(c1ccccc1)N1CC(=O)NC(Cc2ccc(F)cc2)C1. The van der Waals surface area contributed by atoms with Gasteiger partial charge in [-0.15, -0.1) is 0 Å². The summed E-state index contributed by atoms with van der Waals surface area (Å²) >= 11 is 0. The summed E-state index contributed by atoms with van der Waals surface area (Å²) in [6.45, 7) is 3.33. The molecule has 2 aromatic rings. The number of carbonyl (C=O) groups excluding carboxylic acids is 1. The van der Waals surface area contributed by atoms with Gasteiger partial charge in [0.05, 0.1) is 6.54 Å². The van der Waals surface area contributed by atoms with Gasteiger partial charge >= 0.3 is 0 Å². The largest absolute Gasteiger partial charge is 0.351 e. The minimum Gasteiger partial charge on any atom is -0.351 e. The highest BCUT2D eigenvalue weighted by molar-refractivity contribution is 5.79. The molecular weight excluding hydrogens is 291 g/mol. The lowest BCUT2D eigenvalue weighted by Crippen LogP contribution is -2.55. The monoisotopic (exact) mass is 312 g/mol. The summed E-state index contributed by atoms with van der Waals surface area (Å²) in [7, 11) is 0. The minimum atomic E-state index is -0.235. The van der Waals surface area contributed by atoms with Gasteiger partial charge in [0.15, 0.2) is 0 Å². The molecule has 0 aromatic heterocycles. The third kappa shape index (κ3) is 3.96. The number of nitrogens with zero attached hydrogens (tertiary/aromatic N) is 1. The van der Waals surface area contributed by atoms with E-state index in [2.05, 4.69) is 29.3 Å². The van der Waals surface area contributed by atoms with Crippen LogP contribution < -0.4 is 5.32 Å². The van der Waals surface area contributed by atoms with Crippen molar-refractivity contribution in [3.8, 4) is 0 Å². The number of halogens is 1. The first-order valence-corrected chi connectivity index (χ1v) is 7.94. The molecule has 2 unspecified atom stereocenters. The average molecular weight is 312 g/mol. The van der Waals surface area contributed by atoms with Crippen molar-refractivity contribution in [1.29, 1.82) is 0 Å². The molecule has 0 aliphatic carbocycles. The van der Waals surface area contributed by atoms with E-state index in [0.717, 1.165) is 12.1 Å². The Kier molecular flexibility index (Phi) is 4.72. The van der Waals surface area contributed by atoms with Crippen LogP contribution in [0.5, 0.6) is 0 Å². The van der Waals surface area contributed by atoms with E-state index in [4.69, 9.17) is 0 Å². The van der Waals surface area contributed by atoms with E-state index in [-0.39, 0.29) is 23.8 Å². The molecule has 3 nitrogen and oxygen atoms in total. The molecule has 0 radical (unpaired) electrons. The van der Waals surface area contributed by atoms with Crippen LogP contribution in [0, 0.1) is 5.82 Å². The Balaban J connectivity index is 1.69. The van der Waals surface area contributed by atoms with Gasteiger partial charge in [-0.1, -0.05) is 42.5 Å². The quantitative estimate of drug-likeness (QED) is 0.941. The van der Waals surface area contributed by atoms with Gasteiger partial charge in [0.2, 0.25) is 5.91 Å². The fourth-order valence-electron chi connectivity index (χ4n) is 3.11. The maximum Gasteiger partial charge on any atom is 0.234 e. The second kappa shape index (κ2) is 6.92. The van der Waals surface area contributed by atoms with Crippen LogP contribution in [0.3, 0.4) is 0 Å². The maximum atomic E-state index is 13.0. The van der Waals surface area contributed by atoms with Crippen LogP contribution >= 0.6 is 0 Å². The van der Waals surface area contributed by atoms with Crippen molar-refractivity contribution in [2.24, 2.45) is 0 Å². The number of hydrogen-bond acceptors (Lipinski definition) is 2. The van der Waals surface area contributed by atoms with Crippen LogP contribution in [0.4, 0.5) is 4.39 Å². The molecule has 4 heteroatoms. The fourth-order valence-corrected chi connectivity index (χ4v) is 3.11. The summed E-state index contributed by atoms with van der Waals surface area (Å²) in [6, 6.07) is 16.9. The van der Waals surface area contributed by atoms with Crippen molar-refractivity contribution in [3.05, 3.63) is 71.5 Å². The first-order chi connectivity index (χ1) is 11.1. The van der Waals surface area contributed by atoms with Gasteiger partial charge in [-0.05, 0) is 36.6 Å². The lowest BCUT2D eigenvalue weighted by molar-refractivity contribution is -0.126. The van der Waals surface area contributed by atoms with Crippen LogP contribution in [-0.4, -0.2) is 29.9 Å². The highest BCUT2D eigenvalue weighted by atomic mass is 19.1. The maximum absolute atomic E-state index is 13.0. The topological polar surface area (TPSA) is 32.3 Å². The summed E-state index contributed by atoms with van der Waals surface area (Å²) < 4.78 is 13.0. The van der Waals surface area contributed by atoms with E-state index in [1.165, 1.54) is 17.7 Å². The fraction of sp³-hybridized carbons (Fsp3) is 0.316. The van der Waals surface area contributed by atoms with Crippen LogP contribution in [0.2, 0.25) is 0 Å². The highest BCUT2D eigenvalue weighted by Crippen LogP contribution is 2.22. The van der Waals surface area contributed by atoms with E-state index in [1.54, 1.807) is 12.1 Å². The molecule has 0 bridgehead atoms. The molecule has 1 aliphatic rings. The first kappa shape index (κ1) is 15.7. The van der Waals surface area contributed by atoms with E-state index in [0.29, 0.717) is 13.0 Å². The number of carbonyl (C=O) groups is 1. The number of hydrogen-bond donors (Lipinski definition) is 1. The normalized spacial score (nSPS) is 20.1. The third-order valence-corrected chi connectivity index (χ3v) is 4.39. The predicted octanol–water partition coefficient (Wildman–Crippen LogP) is 2.93. The Morgan fingerprint density at radius 2 is 1.87 bits per heavy atom. The summed E-state index contributed by atoms with van der Waals surface area (Å²) in [4.78, 5) is 14.2. The van der Waals surface area contributed by atoms with Gasteiger partial charge in [0, 0.05) is 18.6 Å². The Morgan fingerprint density at radius 1 is 1.17 bits per heavy atom. The second-order valence-electron chi connectivity index (χ2n) is 6.11. The number of piperazine rings is 1. The summed E-state index contributed by atoms with van der Waals surface area (Å²) in [5.74, 6) is -0.188. The molecule has 1 amide bonds.